The number of rotatable bonds is 7. The van der Waals surface area contributed by atoms with Gasteiger partial charge in [-0.2, -0.15) is 0 Å². The van der Waals surface area contributed by atoms with Crippen LogP contribution < -0.4 is 10.2 Å². The largest absolute Gasteiger partial charge is 0.347 e. The van der Waals surface area contributed by atoms with Crippen molar-refractivity contribution in [3.8, 4) is 11.3 Å². The van der Waals surface area contributed by atoms with Gasteiger partial charge in [-0.15, -0.1) is 11.3 Å². The summed E-state index contributed by atoms with van der Waals surface area (Å²) < 4.78 is 0. The van der Waals surface area contributed by atoms with E-state index >= 15 is 0 Å². The third-order valence-electron chi connectivity index (χ3n) is 5.08. The summed E-state index contributed by atoms with van der Waals surface area (Å²) in [4.78, 5) is 31.7. The molecule has 1 fully saturated rings. The number of carbonyl (C=O) groups excluding carboxylic acids is 2. The van der Waals surface area contributed by atoms with E-state index in [0.717, 1.165) is 34.7 Å². The van der Waals surface area contributed by atoms with Crippen molar-refractivity contribution in [2.75, 3.05) is 11.4 Å². The number of halogens is 1. The molecule has 2 heterocycles. The van der Waals surface area contributed by atoms with E-state index in [9.17, 15) is 9.59 Å². The van der Waals surface area contributed by atoms with Crippen molar-refractivity contribution in [2.45, 2.75) is 26.3 Å². The van der Waals surface area contributed by atoms with E-state index in [1.54, 1.807) is 41.5 Å². The molecule has 1 N–H and O–H groups in total. The molecule has 1 aliphatic rings. The van der Waals surface area contributed by atoms with Gasteiger partial charge in [-0.05, 0) is 54.5 Å². The SMILES string of the molecule is CC(=O)N(CC1CC1)c1ccc(-c2ccc(C(=O)NCc3cccs3)cn2)cc1Cl. The molecule has 0 unspecified atom stereocenters. The number of amides is 2. The zero-order valence-electron chi connectivity index (χ0n) is 16.6. The second-order valence-electron chi connectivity index (χ2n) is 7.43. The molecule has 0 spiro atoms. The van der Waals surface area contributed by atoms with Crippen LogP contribution in [-0.2, 0) is 11.3 Å². The van der Waals surface area contributed by atoms with Crippen LogP contribution in [0, 0.1) is 5.92 Å². The van der Waals surface area contributed by atoms with Crippen LogP contribution in [0.3, 0.4) is 0 Å². The molecule has 154 valence electrons. The van der Waals surface area contributed by atoms with Gasteiger partial charge in [0.2, 0.25) is 5.91 Å². The summed E-state index contributed by atoms with van der Waals surface area (Å²) in [6, 6.07) is 13.1. The Morgan fingerprint density at radius 1 is 1.23 bits per heavy atom. The summed E-state index contributed by atoms with van der Waals surface area (Å²) in [5, 5.41) is 5.39. The highest BCUT2D eigenvalue weighted by Crippen LogP contribution is 2.35. The summed E-state index contributed by atoms with van der Waals surface area (Å²) in [5.74, 6) is 0.408. The summed E-state index contributed by atoms with van der Waals surface area (Å²) in [7, 11) is 0. The minimum Gasteiger partial charge on any atom is -0.347 e. The van der Waals surface area contributed by atoms with Crippen LogP contribution in [0.25, 0.3) is 11.3 Å². The fourth-order valence-corrected chi connectivity index (χ4v) is 4.15. The van der Waals surface area contributed by atoms with E-state index in [1.165, 1.54) is 0 Å². The average molecular weight is 440 g/mol. The molecule has 0 bridgehead atoms. The lowest BCUT2D eigenvalue weighted by molar-refractivity contribution is -0.116. The lowest BCUT2D eigenvalue weighted by Gasteiger charge is -2.22. The van der Waals surface area contributed by atoms with Crippen LogP contribution in [0.4, 0.5) is 5.69 Å². The number of nitrogens with zero attached hydrogens (tertiary/aromatic N) is 2. The van der Waals surface area contributed by atoms with Gasteiger partial charge in [0.1, 0.15) is 0 Å². The Bertz CT molecular complexity index is 1050. The molecule has 2 aromatic heterocycles. The van der Waals surface area contributed by atoms with Gasteiger partial charge in [0.05, 0.1) is 28.5 Å². The molecule has 1 aliphatic carbocycles. The van der Waals surface area contributed by atoms with Crippen molar-refractivity contribution in [1.82, 2.24) is 10.3 Å². The molecular formula is C23H22ClN3O2S. The third kappa shape index (κ3) is 4.89. The molecular weight excluding hydrogens is 418 g/mol. The van der Waals surface area contributed by atoms with Crippen molar-refractivity contribution in [3.05, 3.63) is 69.5 Å². The zero-order valence-corrected chi connectivity index (χ0v) is 18.2. The van der Waals surface area contributed by atoms with Crippen LogP contribution in [0.15, 0.2) is 54.0 Å². The van der Waals surface area contributed by atoms with Gasteiger partial charge in [-0.25, -0.2) is 0 Å². The first-order chi connectivity index (χ1) is 14.5. The fourth-order valence-electron chi connectivity index (χ4n) is 3.22. The van der Waals surface area contributed by atoms with Gasteiger partial charge in [-0.1, -0.05) is 23.7 Å². The Morgan fingerprint density at radius 2 is 2.07 bits per heavy atom. The lowest BCUT2D eigenvalue weighted by Crippen LogP contribution is -2.30. The second-order valence-corrected chi connectivity index (χ2v) is 8.87. The molecule has 0 saturated heterocycles. The molecule has 1 aromatic carbocycles. The molecule has 2 amide bonds. The number of hydrogen-bond acceptors (Lipinski definition) is 4. The maximum absolute atomic E-state index is 12.3. The normalized spacial score (nSPS) is 13.1. The first-order valence-electron chi connectivity index (χ1n) is 9.86. The summed E-state index contributed by atoms with van der Waals surface area (Å²) in [6.07, 6.45) is 3.89. The fraction of sp³-hybridized carbons (Fsp3) is 0.261. The van der Waals surface area contributed by atoms with Gasteiger partial charge in [0.15, 0.2) is 0 Å². The topological polar surface area (TPSA) is 62.3 Å². The van der Waals surface area contributed by atoms with Crippen molar-refractivity contribution >= 4 is 40.4 Å². The zero-order chi connectivity index (χ0) is 21.1. The molecule has 4 rings (SSSR count). The Morgan fingerprint density at radius 3 is 2.67 bits per heavy atom. The summed E-state index contributed by atoms with van der Waals surface area (Å²) in [6.45, 7) is 2.78. The maximum atomic E-state index is 12.3. The van der Waals surface area contributed by atoms with Crippen LogP contribution in [0.5, 0.6) is 0 Å². The Hall–Kier alpha value is -2.70. The Balaban J connectivity index is 1.46. The van der Waals surface area contributed by atoms with Crippen molar-refractivity contribution in [3.63, 3.8) is 0 Å². The van der Waals surface area contributed by atoms with E-state index in [-0.39, 0.29) is 11.8 Å². The second kappa shape index (κ2) is 8.98. The van der Waals surface area contributed by atoms with Crippen LogP contribution in [0.2, 0.25) is 5.02 Å². The summed E-state index contributed by atoms with van der Waals surface area (Å²) in [5.41, 5.74) is 2.79. The Labute approximate surface area is 184 Å². The quantitative estimate of drug-likeness (QED) is 0.553. The Kier molecular flexibility index (Phi) is 6.16. The van der Waals surface area contributed by atoms with Crippen LogP contribution >= 0.6 is 22.9 Å². The number of carbonyl (C=O) groups is 2. The highest BCUT2D eigenvalue weighted by atomic mass is 35.5. The van der Waals surface area contributed by atoms with Crippen molar-refractivity contribution in [2.24, 2.45) is 5.92 Å². The first kappa shape index (κ1) is 20.6. The molecule has 3 aromatic rings. The maximum Gasteiger partial charge on any atom is 0.253 e. The number of nitrogens with one attached hydrogen (secondary N) is 1. The number of anilines is 1. The molecule has 0 aliphatic heterocycles. The molecule has 1 saturated carbocycles. The van der Waals surface area contributed by atoms with Gasteiger partial charge in [0.25, 0.3) is 5.91 Å². The number of benzene rings is 1. The van der Waals surface area contributed by atoms with E-state index in [2.05, 4.69) is 10.3 Å². The average Bonchev–Trinajstić information content (AvgIpc) is 3.42. The van der Waals surface area contributed by atoms with Gasteiger partial charge < -0.3 is 10.2 Å². The minimum absolute atomic E-state index is 0.00686. The monoisotopic (exact) mass is 439 g/mol. The van der Waals surface area contributed by atoms with Gasteiger partial charge in [0, 0.05) is 30.1 Å². The number of pyridine rings is 1. The predicted octanol–water partition coefficient (Wildman–Crippen LogP) is 5.16. The third-order valence-corrected chi connectivity index (χ3v) is 6.26. The predicted molar refractivity (Wildman–Crippen MR) is 121 cm³/mol. The van der Waals surface area contributed by atoms with E-state index in [1.807, 2.05) is 35.7 Å². The smallest absolute Gasteiger partial charge is 0.253 e. The van der Waals surface area contributed by atoms with E-state index in [4.69, 9.17) is 11.6 Å². The highest BCUT2D eigenvalue weighted by molar-refractivity contribution is 7.09. The van der Waals surface area contributed by atoms with Crippen LogP contribution in [0.1, 0.15) is 35.0 Å². The standard InChI is InChI=1S/C23H22ClN3O2S/c1-15(28)27(14-16-4-5-16)22-9-7-17(11-20(22)24)21-8-6-18(12-25-21)23(29)26-13-19-3-2-10-30-19/h2-3,6-12,16H,4-5,13-14H2,1H3,(H,26,29). The molecule has 0 radical (unpaired) electrons. The number of hydrogen-bond donors (Lipinski definition) is 1. The van der Waals surface area contributed by atoms with Crippen LogP contribution in [-0.4, -0.2) is 23.3 Å². The minimum atomic E-state index is -0.159. The van der Waals surface area contributed by atoms with E-state index in [0.29, 0.717) is 29.6 Å². The van der Waals surface area contributed by atoms with Crippen molar-refractivity contribution in [1.29, 1.82) is 0 Å². The van der Waals surface area contributed by atoms with Gasteiger partial charge in [-0.3, -0.25) is 14.6 Å². The lowest BCUT2D eigenvalue weighted by atomic mass is 10.1. The number of aromatic nitrogens is 1. The van der Waals surface area contributed by atoms with E-state index < -0.39 is 0 Å². The first-order valence-corrected chi connectivity index (χ1v) is 11.1. The molecule has 0 atom stereocenters. The summed E-state index contributed by atoms with van der Waals surface area (Å²) >= 11 is 8.11. The van der Waals surface area contributed by atoms with Gasteiger partial charge >= 0.3 is 0 Å². The molecule has 5 nitrogen and oxygen atoms in total. The highest BCUT2D eigenvalue weighted by Gasteiger charge is 2.27. The molecule has 7 heteroatoms. The molecule has 30 heavy (non-hydrogen) atoms. The van der Waals surface area contributed by atoms with Crippen molar-refractivity contribution < 1.29 is 9.59 Å². The number of thiophene rings is 1.